The van der Waals surface area contributed by atoms with E-state index >= 15 is 0 Å². The van der Waals surface area contributed by atoms with Gasteiger partial charge < -0.3 is 24.8 Å². The molecule has 31 heavy (non-hydrogen) atoms. The van der Waals surface area contributed by atoms with Gasteiger partial charge in [0.1, 0.15) is 5.69 Å². The van der Waals surface area contributed by atoms with E-state index in [9.17, 15) is 14.4 Å². The van der Waals surface area contributed by atoms with E-state index in [0.717, 1.165) is 6.54 Å². The summed E-state index contributed by atoms with van der Waals surface area (Å²) >= 11 is 0. The number of likely N-dealkylation sites (tertiary alicyclic amines) is 1. The molecule has 174 valence electrons. The number of hydrogen-bond acceptors (Lipinski definition) is 5. The number of piperidine rings is 1. The van der Waals surface area contributed by atoms with Crippen molar-refractivity contribution < 1.29 is 19.1 Å². The zero-order valence-electron chi connectivity index (χ0n) is 20.1. The van der Waals surface area contributed by atoms with Gasteiger partial charge in [0.15, 0.2) is 0 Å². The smallest absolute Gasteiger partial charge is 0.339 e. The molecule has 1 saturated heterocycles. The Morgan fingerprint density at radius 1 is 1.23 bits per heavy atom. The van der Waals surface area contributed by atoms with Gasteiger partial charge in [0, 0.05) is 37.8 Å². The standard InChI is InChI=1S/C23H38N4O4/c1-8-17-18(22(30)31-7)15(2)19(25-17)21(29)27-11-9-16(10-12-27)20(28)24-13-23(3,4)14-26(5)6/h16,25H,8-14H2,1-7H3,(H,24,28). The van der Waals surface area contributed by atoms with E-state index < -0.39 is 5.97 Å². The first-order valence-electron chi connectivity index (χ1n) is 11.0. The zero-order chi connectivity index (χ0) is 23.3. The minimum absolute atomic E-state index is 0.00466. The van der Waals surface area contributed by atoms with Gasteiger partial charge in [-0.25, -0.2) is 4.79 Å². The molecule has 1 aliphatic rings. The Bertz CT molecular complexity index is 805. The SMILES string of the molecule is CCc1[nH]c(C(=O)N2CCC(C(=O)NCC(C)(C)CN(C)C)CC2)c(C)c1C(=O)OC. The molecule has 2 amide bonds. The van der Waals surface area contributed by atoms with Crippen molar-refractivity contribution in [1.82, 2.24) is 20.1 Å². The Hall–Kier alpha value is -2.35. The number of esters is 1. The Balaban J connectivity index is 1.97. The number of nitrogens with zero attached hydrogens (tertiary/aromatic N) is 2. The van der Waals surface area contributed by atoms with Crippen molar-refractivity contribution in [1.29, 1.82) is 0 Å². The summed E-state index contributed by atoms with van der Waals surface area (Å²) in [6.45, 7) is 10.5. The summed E-state index contributed by atoms with van der Waals surface area (Å²) < 4.78 is 4.88. The highest BCUT2D eigenvalue weighted by Crippen LogP contribution is 2.24. The molecule has 0 bridgehead atoms. The number of ether oxygens (including phenoxy) is 1. The monoisotopic (exact) mass is 434 g/mol. The van der Waals surface area contributed by atoms with Gasteiger partial charge in [-0.05, 0) is 51.3 Å². The first kappa shape index (κ1) is 24.9. The van der Waals surface area contributed by atoms with Crippen LogP contribution in [0.5, 0.6) is 0 Å². The third kappa shape index (κ3) is 6.09. The number of aromatic nitrogens is 1. The Morgan fingerprint density at radius 3 is 2.35 bits per heavy atom. The number of hydrogen-bond donors (Lipinski definition) is 2. The van der Waals surface area contributed by atoms with Crippen LogP contribution in [0.15, 0.2) is 0 Å². The van der Waals surface area contributed by atoms with Crippen LogP contribution in [0, 0.1) is 18.3 Å². The van der Waals surface area contributed by atoms with E-state index in [2.05, 4.69) is 29.0 Å². The quantitative estimate of drug-likeness (QED) is 0.612. The highest BCUT2D eigenvalue weighted by Gasteiger charge is 2.31. The number of carbonyl (C=O) groups excluding carboxylic acids is 3. The molecular weight excluding hydrogens is 396 g/mol. The molecule has 1 aromatic rings. The second-order valence-corrected chi connectivity index (χ2v) is 9.51. The topological polar surface area (TPSA) is 94.7 Å². The number of nitrogens with one attached hydrogen (secondary N) is 2. The molecule has 0 radical (unpaired) electrons. The lowest BCUT2D eigenvalue weighted by Gasteiger charge is -2.33. The second kappa shape index (κ2) is 10.3. The Labute approximate surface area is 185 Å². The predicted molar refractivity (Wildman–Crippen MR) is 120 cm³/mol. The number of rotatable bonds is 8. The molecule has 0 atom stereocenters. The van der Waals surface area contributed by atoms with E-state index in [1.54, 1.807) is 11.8 Å². The average Bonchev–Trinajstić information content (AvgIpc) is 3.06. The Morgan fingerprint density at radius 2 is 1.84 bits per heavy atom. The zero-order valence-corrected chi connectivity index (χ0v) is 20.1. The summed E-state index contributed by atoms with van der Waals surface area (Å²) in [5, 5.41) is 3.09. The molecule has 0 unspecified atom stereocenters. The van der Waals surface area contributed by atoms with Crippen molar-refractivity contribution in [2.75, 3.05) is 47.4 Å². The highest BCUT2D eigenvalue weighted by molar-refractivity contribution is 6.00. The van der Waals surface area contributed by atoms with Gasteiger partial charge in [-0.15, -0.1) is 0 Å². The lowest BCUT2D eigenvalue weighted by molar-refractivity contribution is -0.126. The van der Waals surface area contributed by atoms with Gasteiger partial charge in [-0.1, -0.05) is 20.8 Å². The lowest BCUT2D eigenvalue weighted by atomic mass is 9.91. The van der Waals surface area contributed by atoms with Gasteiger partial charge in [0.2, 0.25) is 5.91 Å². The van der Waals surface area contributed by atoms with E-state index in [0.29, 0.717) is 61.4 Å². The summed E-state index contributed by atoms with van der Waals surface area (Å²) in [7, 11) is 5.40. The summed E-state index contributed by atoms with van der Waals surface area (Å²) in [6.07, 6.45) is 1.87. The van der Waals surface area contributed by atoms with Gasteiger partial charge in [0.25, 0.3) is 5.91 Å². The van der Waals surface area contributed by atoms with E-state index in [1.165, 1.54) is 7.11 Å². The summed E-state index contributed by atoms with van der Waals surface area (Å²) in [4.78, 5) is 44.9. The molecule has 0 aromatic carbocycles. The molecule has 0 saturated carbocycles. The summed E-state index contributed by atoms with van der Waals surface area (Å²) in [5.74, 6) is -0.581. The van der Waals surface area contributed by atoms with Crippen molar-refractivity contribution in [3.8, 4) is 0 Å². The minimum atomic E-state index is -0.433. The normalized spacial score (nSPS) is 15.3. The number of carbonyl (C=O) groups is 3. The van der Waals surface area contributed by atoms with Crippen LogP contribution < -0.4 is 5.32 Å². The van der Waals surface area contributed by atoms with Crippen LogP contribution in [-0.2, 0) is 16.0 Å². The fraction of sp³-hybridized carbons (Fsp3) is 0.696. The lowest BCUT2D eigenvalue weighted by Crippen LogP contribution is -2.46. The first-order chi connectivity index (χ1) is 14.5. The fourth-order valence-corrected chi connectivity index (χ4v) is 4.40. The van der Waals surface area contributed by atoms with Gasteiger partial charge in [-0.2, -0.15) is 0 Å². The molecule has 8 heteroatoms. The number of H-pyrrole nitrogens is 1. The van der Waals surface area contributed by atoms with E-state index in [4.69, 9.17) is 4.74 Å². The molecule has 8 nitrogen and oxygen atoms in total. The number of methoxy groups -OCH3 is 1. The van der Waals surface area contributed by atoms with Crippen molar-refractivity contribution >= 4 is 17.8 Å². The maximum atomic E-state index is 13.1. The van der Waals surface area contributed by atoms with E-state index in [1.807, 2.05) is 21.0 Å². The maximum absolute atomic E-state index is 13.1. The predicted octanol–water partition coefficient (Wildman–Crippen LogP) is 2.23. The van der Waals surface area contributed by atoms with Crippen molar-refractivity contribution in [2.45, 2.75) is 47.0 Å². The molecule has 0 aliphatic carbocycles. The number of amides is 2. The maximum Gasteiger partial charge on any atom is 0.339 e. The largest absolute Gasteiger partial charge is 0.465 e. The van der Waals surface area contributed by atoms with Gasteiger partial charge >= 0.3 is 5.97 Å². The van der Waals surface area contributed by atoms with Crippen LogP contribution in [0.4, 0.5) is 0 Å². The molecule has 1 aliphatic heterocycles. The molecule has 1 fully saturated rings. The molecule has 1 aromatic heterocycles. The van der Waals surface area contributed by atoms with Crippen LogP contribution >= 0.6 is 0 Å². The van der Waals surface area contributed by atoms with Crippen molar-refractivity contribution in [2.24, 2.45) is 11.3 Å². The van der Waals surface area contributed by atoms with Crippen molar-refractivity contribution in [3.63, 3.8) is 0 Å². The molecule has 0 spiro atoms. The molecule has 2 rings (SSSR count). The number of aryl methyl sites for hydroxylation is 1. The van der Waals surface area contributed by atoms with E-state index in [-0.39, 0.29) is 23.1 Å². The summed E-state index contributed by atoms with van der Waals surface area (Å²) in [6, 6.07) is 0. The van der Waals surface area contributed by atoms with Gasteiger partial charge in [0.05, 0.1) is 12.7 Å². The van der Waals surface area contributed by atoms with Gasteiger partial charge in [-0.3, -0.25) is 9.59 Å². The average molecular weight is 435 g/mol. The van der Waals surface area contributed by atoms with Crippen LogP contribution in [0.1, 0.15) is 65.7 Å². The molecule has 2 N–H and O–H groups in total. The van der Waals surface area contributed by atoms with Crippen LogP contribution in [0.2, 0.25) is 0 Å². The third-order valence-corrected chi connectivity index (χ3v) is 5.92. The van der Waals surface area contributed by atoms with Crippen LogP contribution in [0.3, 0.4) is 0 Å². The third-order valence-electron chi connectivity index (χ3n) is 5.92. The number of aromatic amines is 1. The first-order valence-corrected chi connectivity index (χ1v) is 11.0. The fourth-order valence-electron chi connectivity index (χ4n) is 4.40. The van der Waals surface area contributed by atoms with Crippen molar-refractivity contribution in [3.05, 3.63) is 22.5 Å². The van der Waals surface area contributed by atoms with Crippen LogP contribution in [-0.4, -0.2) is 80.0 Å². The Kier molecular flexibility index (Phi) is 8.28. The second-order valence-electron chi connectivity index (χ2n) is 9.51. The highest BCUT2D eigenvalue weighted by atomic mass is 16.5. The summed E-state index contributed by atoms with van der Waals surface area (Å²) in [5.41, 5.74) is 2.21. The molecule has 2 heterocycles. The molecular formula is C23H38N4O4. The van der Waals surface area contributed by atoms with Crippen LogP contribution in [0.25, 0.3) is 0 Å². The minimum Gasteiger partial charge on any atom is -0.465 e.